The lowest BCUT2D eigenvalue weighted by Gasteiger charge is -2.08. The first-order chi connectivity index (χ1) is 13.4. The molecule has 2 aromatic carbocycles. The zero-order valence-electron chi connectivity index (χ0n) is 14.9. The van der Waals surface area contributed by atoms with Crippen LogP contribution in [0.5, 0.6) is 0 Å². The Morgan fingerprint density at radius 2 is 1.61 bits per heavy atom. The van der Waals surface area contributed by atoms with E-state index in [2.05, 4.69) is 10.9 Å². The number of carbonyl (C=O) groups excluding carboxylic acids is 2. The number of aryl methyl sites for hydroxylation is 1. The van der Waals surface area contributed by atoms with Gasteiger partial charge in [-0.15, -0.1) is 0 Å². The number of hydrogen-bond acceptors (Lipinski definition) is 5. The van der Waals surface area contributed by atoms with Gasteiger partial charge in [0.15, 0.2) is 0 Å². The number of aromatic nitrogens is 2. The summed E-state index contributed by atoms with van der Waals surface area (Å²) in [4.78, 5) is 46.8. The third-order valence-electron chi connectivity index (χ3n) is 4.20. The van der Waals surface area contributed by atoms with Crippen LogP contribution in [0, 0.1) is 10.1 Å². The number of nitrogens with one attached hydrogen (secondary N) is 2. The second-order valence-electron chi connectivity index (χ2n) is 5.91. The molecule has 1 heterocycles. The first-order valence-corrected chi connectivity index (χ1v) is 8.44. The van der Waals surface area contributed by atoms with Crippen molar-refractivity contribution in [1.82, 2.24) is 20.0 Å². The standard InChI is InChI=1S/C18H17N5O5/c1-2-21-14-5-3-4-6-15(14)22(18(21)26)11-16(24)19-20-17(25)12-7-9-13(10-8-12)23(27)28/h3-10H,2,11H2,1H3,(H,19,24)(H,20,25). The maximum absolute atomic E-state index is 12.5. The van der Waals surface area contributed by atoms with Crippen molar-refractivity contribution in [2.45, 2.75) is 20.0 Å². The number of non-ortho nitro benzene ring substituents is 1. The first-order valence-electron chi connectivity index (χ1n) is 8.44. The van der Waals surface area contributed by atoms with Gasteiger partial charge in [-0.2, -0.15) is 0 Å². The number of carbonyl (C=O) groups is 2. The van der Waals surface area contributed by atoms with Gasteiger partial charge in [0.25, 0.3) is 17.5 Å². The number of rotatable bonds is 5. The fourth-order valence-corrected chi connectivity index (χ4v) is 2.85. The van der Waals surface area contributed by atoms with Crippen LogP contribution in [0.4, 0.5) is 5.69 Å². The van der Waals surface area contributed by atoms with E-state index in [-0.39, 0.29) is 23.5 Å². The molecule has 2 amide bonds. The van der Waals surface area contributed by atoms with Gasteiger partial charge in [-0.3, -0.25) is 39.7 Å². The zero-order valence-corrected chi connectivity index (χ0v) is 14.9. The number of nitro groups is 1. The Morgan fingerprint density at radius 1 is 1.00 bits per heavy atom. The van der Waals surface area contributed by atoms with Crippen molar-refractivity contribution in [3.8, 4) is 0 Å². The second-order valence-corrected chi connectivity index (χ2v) is 5.91. The number of imidazole rings is 1. The molecular weight excluding hydrogens is 366 g/mol. The Morgan fingerprint density at radius 3 is 2.18 bits per heavy atom. The van der Waals surface area contributed by atoms with Crippen LogP contribution >= 0.6 is 0 Å². The van der Waals surface area contributed by atoms with E-state index in [4.69, 9.17) is 0 Å². The van der Waals surface area contributed by atoms with Crippen LogP contribution in [-0.4, -0.2) is 25.9 Å². The Labute approximate surface area is 158 Å². The molecule has 10 heteroatoms. The largest absolute Gasteiger partial charge is 0.329 e. The number of nitro benzene ring substituents is 1. The number of nitrogens with zero attached hydrogens (tertiary/aromatic N) is 3. The summed E-state index contributed by atoms with van der Waals surface area (Å²) in [6, 6.07) is 12.1. The number of hydrogen-bond donors (Lipinski definition) is 2. The molecule has 3 aromatic rings. The highest BCUT2D eigenvalue weighted by molar-refractivity contribution is 5.95. The smallest absolute Gasteiger partial charge is 0.292 e. The van der Waals surface area contributed by atoms with Crippen LogP contribution in [0.2, 0.25) is 0 Å². The van der Waals surface area contributed by atoms with Crippen molar-refractivity contribution in [1.29, 1.82) is 0 Å². The Hall–Kier alpha value is -3.95. The van der Waals surface area contributed by atoms with E-state index >= 15 is 0 Å². The Bertz CT molecular complexity index is 1110. The molecule has 1 aromatic heterocycles. The predicted molar refractivity (Wildman–Crippen MR) is 101 cm³/mol. The Balaban J connectivity index is 1.69. The van der Waals surface area contributed by atoms with Crippen LogP contribution in [-0.2, 0) is 17.9 Å². The molecule has 0 aliphatic rings. The highest BCUT2D eigenvalue weighted by Crippen LogP contribution is 2.13. The van der Waals surface area contributed by atoms with Gasteiger partial charge in [0.1, 0.15) is 6.54 Å². The lowest BCUT2D eigenvalue weighted by atomic mass is 10.2. The van der Waals surface area contributed by atoms with E-state index in [1.807, 2.05) is 13.0 Å². The fourth-order valence-electron chi connectivity index (χ4n) is 2.85. The van der Waals surface area contributed by atoms with Crippen molar-refractivity contribution >= 4 is 28.5 Å². The summed E-state index contributed by atoms with van der Waals surface area (Å²) in [7, 11) is 0. The molecule has 0 aliphatic heterocycles. The molecule has 0 saturated heterocycles. The molecule has 2 N–H and O–H groups in total. The summed E-state index contributed by atoms with van der Waals surface area (Å²) in [5.41, 5.74) is 5.49. The van der Waals surface area contributed by atoms with Gasteiger partial charge in [0, 0.05) is 24.2 Å². The summed E-state index contributed by atoms with van der Waals surface area (Å²) in [6.45, 7) is 2.03. The number of benzene rings is 2. The normalized spacial score (nSPS) is 10.6. The molecule has 0 saturated carbocycles. The Kier molecular flexibility index (Phi) is 5.21. The third-order valence-corrected chi connectivity index (χ3v) is 4.20. The average molecular weight is 383 g/mol. The average Bonchev–Trinajstić information content (AvgIpc) is 2.97. The van der Waals surface area contributed by atoms with Crippen molar-refractivity contribution in [3.63, 3.8) is 0 Å². The monoisotopic (exact) mass is 383 g/mol. The first kappa shape index (κ1) is 18.8. The number of hydrazine groups is 1. The molecule has 0 atom stereocenters. The molecule has 0 bridgehead atoms. The van der Waals surface area contributed by atoms with Crippen molar-refractivity contribution < 1.29 is 14.5 Å². The highest BCUT2D eigenvalue weighted by Gasteiger charge is 2.15. The summed E-state index contributed by atoms with van der Waals surface area (Å²) in [5.74, 6) is -1.22. The third kappa shape index (κ3) is 3.61. The molecule has 0 aliphatic carbocycles. The number of fused-ring (bicyclic) bond motifs is 1. The SMILES string of the molecule is CCn1c(=O)n(CC(=O)NNC(=O)c2ccc([N+](=O)[O-])cc2)c2ccccc21. The zero-order chi connectivity index (χ0) is 20.3. The summed E-state index contributed by atoms with van der Waals surface area (Å²) in [5, 5.41) is 10.6. The van der Waals surface area contributed by atoms with Crippen molar-refractivity contribution in [3.05, 3.63) is 74.7 Å². The van der Waals surface area contributed by atoms with E-state index in [0.29, 0.717) is 12.1 Å². The summed E-state index contributed by atoms with van der Waals surface area (Å²) >= 11 is 0. The van der Waals surface area contributed by atoms with Crippen molar-refractivity contribution in [2.24, 2.45) is 0 Å². The van der Waals surface area contributed by atoms with Crippen LogP contribution < -0.4 is 16.5 Å². The van der Waals surface area contributed by atoms with Gasteiger partial charge in [0.05, 0.1) is 16.0 Å². The summed E-state index contributed by atoms with van der Waals surface area (Å²) in [6.07, 6.45) is 0. The lowest BCUT2D eigenvalue weighted by molar-refractivity contribution is -0.384. The highest BCUT2D eigenvalue weighted by atomic mass is 16.6. The molecule has 0 spiro atoms. The van der Waals surface area contributed by atoms with Gasteiger partial charge in [0.2, 0.25) is 0 Å². The molecule has 3 rings (SSSR count). The van der Waals surface area contributed by atoms with Crippen LogP contribution in [0.1, 0.15) is 17.3 Å². The number of amides is 2. The van der Waals surface area contributed by atoms with E-state index in [0.717, 1.165) is 5.52 Å². The van der Waals surface area contributed by atoms with Crippen LogP contribution in [0.15, 0.2) is 53.3 Å². The minimum Gasteiger partial charge on any atom is -0.292 e. The summed E-state index contributed by atoms with van der Waals surface area (Å²) < 4.78 is 2.88. The minimum absolute atomic E-state index is 0.144. The number of para-hydroxylation sites is 2. The fraction of sp³-hybridized carbons (Fsp3) is 0.167. The molecule has 28 heavy (non-hydrogen) atoms. The molecule has 144 valence electrons. The van der Waals surface area contributed by atoms with Gasteiger partial charge in [-0.25, -0.2) is 4.79 Å². The van der Waals surface area contributed by atoms with Gasteiger partial charge in [-0.1, -0.05) is 12.1 Å². The van der Waals surface area contributed by atoms with E-state index in [1.165, 1.54) is 28.8 Å². The quantitative estimate of drug-likeness (QED) is 0.505. The van der Waals surface area contributed by atoms with Crippen molar-refractivity contribution in [2.75, 3.05) is 0 Å². The van der Waals surface area contributed by atoms with E-state index < -0.39 is 16.7 Å². The minimum atomic E-state index is -0.633. The molecule has 0 radical (unpaired) electrons. The maximum Gasteiger partial charge on any atom is 0.329 e. The molecule has 10 nitrogen and oxygen atoms in total. The van der Waals surface area contributed by atoms with E-state index in [1.54, 1.807) is 22.8 Å². The van der Waals surface area contributed by atoms with Crippen LogP contribution in [0.25, 0.3) is 11.0 Å². The maximum atomic E-state index is 12.5. The molecule has 0 fully saturated rings. The van der Waals surface area contributed by atoms with Gasteiger partial charge < -0.3 is 0 Å². The van der Waals surface area contributed by atoms with Crippen LogP contribution in [0.3, 0.4) is 0 Å². The van der Waals surface area contributed by atoms with Gasteiger partial charge >= 0.3 is 5.69 Å². The second kappa shape index (κ2) is 7.74. The predicted octanol–water partition coefficient (Wildman–Crippen LogP) is 1.19. The van der Waals surface area contributed by atoms with E-state index in [9.17, 15) is 24.5 Å². The molecule has 0 unspecified atom stereocenters. The van der Waals surface area contributed by atoms with Gasteiger partial charge in [-0.05, 0) is 31.2 Å². The lowest BCUT2D eigenvalue weighted by Crippen LogP contribution is -2.44. The topological polar surface area (TPSA) is 128 Å². The molecular formula is C18H17N5O5.